The third-order valence-corrected chi connectivity index (χ3v) is 4.14. The molecule has 5 heteroatoms. The molecule has 0 aliphatic rings. The molecule has 2 nitrogen and oxygen atoms in total. The Bertz CT molecular complexity index is 752. The predicted molar refractivity (Wildman–Crippen MR) is 103 cm³/mol. The Labute approximate surface area is 158 Å². The van der Waals surface area contributed by atoms with Gasteiger partial charge in [0.05, 0.1) is 5.57 Å². The van der Waals surface area contributed by atoms with E-state index in [2.05, 4.69) is 13.8 Å². The number of alkyl halides is 3. The van der Waals surface area contributed by atoms with E-state index < -0.39 is 12.0 Å². The summed E-state index contributed by atoms with van der Waals surface area (Å²) in [5, 5.41) is 0. The van der Waals surface area contributed by atoms with Crippen LogP contribution in [0.1, 0.15) is 32.3 Å². The zero-order valence-electron chi connectivity index (χ0n) is 15.5. The summed E-state index contributed by atoms with van der Waals surface area (Å²) in [5.74, 6) is -1.34. The molecule has 144 valence electrons. The molecule has 2 aromatic rings. The summed E-state index contributed by atoms with van der Waals surface area (Å²) in [4.78, 5) is 13.8. The zero-order valence-corrected chi connectivity index (χ0v) is 15.5. The molecule has 0 heterocycles. The smallest absolute Gasteiger partial charge is 0.347 e. The normalized spacial score (nSPS) is 12.3. The van der Waals surface area contributed by atoms with Gasteiger partial charge < -0.3 is 4.90 Å². The van der Waals surface area contributed by atoms with Crippen LogP contribution in [0.2, 0.25) is 0 Å². The molecule has 2 rings (SSSR count). The number of anilines is 1. The van der Waals surface area contributed by atoms with Gasteiger partial charge in [0.25, 0.3) is 5.78 Å². The Morgan fingerprint density at radius 1 is 1.00 bits per heavy atom. The van der Waals surface area contributed by atoms with Crippen LogP contribution >= 0.6 is 0 Å². The minimum Gasteiger partial charge on any atom is -0.347 e. The number of hydrogen-bond acceptors (Lipinski definition) is 2. The van der Waals surface area contributed by atoms with Crippen LogP contribution < -0.4 is 4.90 Å². The summed E-state index contributed by atoms with van der Waals surface area (Å²) in [7, 11) is 0. The summed E-state index contributed by atoms with van der Waals surface area (Å²) in [6.45, 7) is 4.74. The van der Waals surface area contributed by atoms with Crippen LogP contribution in [0.25, 0.3) is 5.57 Å². The van der Waals surface area contributed by atoms with E-state index in [1.54, 1.807) is 23.1 Å². The summed E-state index contributed by atoms with van der Waals surface area (Å²) in [6, 6.07) is 17.1. The molecular weight excluding hydrogens is 351 g/mol. The van der Waals surface area contributed by atoms with Gasteiger partial charge >= 0.3 is 6.18 Å². The average molecular weight is 375 g/mol. The van der Waals surface area contributed by atoms with Gasteiger partial charge in [-0.3, -0.25) is 4.79 Å². The minimum atomic E-state index is -4.93. The molecule has 0 atom stereocenters. The number of nitrogens with zero attached hydrogens (tertiary/aromatic N) is 1. The van der Waals surface area contributed by atoms with Gasteiger partial charge in [-0.1, -0.05) is 62.4 Å². The number of halogens is 3. The Hall–Kier alpha value is -2.56. The van der Waals surface area contributed by atoms with Crippen molar-refractivity contribution in [3.8, 4) is 0 Å². The van der Waals surface area contributed by atoms with Gasteiger partial charge in [0.2, 0.25) is 0 Å². The highest BCUT2D eigenvalue weighted by atomic mass is 19.4. The topological polar surface area (TPSA) is 20.3 Å². The Kier molecular flexibility index (Phi) is 7.22. The quantitative estimate of drug-likeness (QED) is 0.520. The van der Waals surface area contributed by atoms with E-state index in [1.807, 2.05) is 30.3 Å². The summed E-state index contributed by atoms with van der Waals surface area (Å²) in [5.41, 5.74) is 0.658. The number of carbonyl (C=O) groups is 1. The molecular formula is C22H24F3NO. The summed E-state index contributed by atoms with van der Waals surface area (Å²) in [6.07, 6.45) is -1.83. The minimum absolute atomic E-state index is 0.254. The maximum Gasteiger partial charge on any atom is 0.454 e. The van der Waals surface area contributed by atoms with E-state index >= 15 is 0 Å². The lowest BCUT2D eigenvalue weighted by molar-refractivity contribution is -0.164. The number of ketones is 1. The third kappa shape index (κ3) is 6.27. The first-order valence-electron chi connectivity index (χ1n) is 8.99. The van der Waals surface area contributed by atoms with Crippen LogP contribution in [0.3, 0.4) is 0 Å². The first kappa shape index (κ1) is 20.7. The molecule has 27 heavy (non-hydrogen) atoms. The van der Waals surface area contributed by atoms with Gasteiger partial charge in [-0.15, -0.1) is 0 Å². The lowest BCUT2D eigenvalue weighted by Gasteiger charge is -2.23. The number of hydrogen-bond donors (Lipinski definition) is 0. The molecule has 0 bridgehead atoms. The fourth-order valence-electron chi connectivity index (χ4n) is 2.75. The predicted octanol–water partition coefficient (Wildman–Crippen LogP) is 6.10. The van der Waals surface area contributed by atoms with Crippen LogP contribution in [0.5, 0.6) is 0 Å². The van der Waals surface area contributed by atoms with Gasteiger partial charge in [-0.05, 0) is 36.5 Å². The van der Waals surface area contributed by atoms with Crippen molar-refractivity contribution in [1.29, 1.82) is 0 Å². The van der Waals surface area contributed by atoms with Gasteiger partial charge in [-0.25, -0.2) is 0 Å². The van der Waals surface area contributed by atoms with Crippen molar-refractivity contribution in [2.45, 2.75) is 32.9 Å². The standard InChI is InChI=1S/C22H24F3NO/c1-17(2)10-9-15-26(19-13-7-4-8-14-19)16-20(21(27)22(23,24)25)18-11-5-3-6-12-18/h3-8,11-14,16-17H,9-10,15H2,1-2H3/b20-16-. The Morgan fingerprint density at radius 2 is 1.56 bits per heavy atom. The van der Waals surface area contributed by atoms with Crippen molar-refractivity contribution in [2.75, 3.05) is 11.4 Å². The van der Waals surface area contributed by atoms with E-state index in [4.69, 9.17) is 0 Å². The number of para-hydroxylation sites is 1. The maximum atomic E-state index is 13.2. The lowest BCUT2D eigenvalue weighted by Crippen LogP contribution is -2.27. The molecule has 0 amide bonds. The van der Waals surface area contributed by atoms with Crippen LogP contribution in [0, 0.1) is 5.92 Å². The molecule has 0 spiro atoms. The molecule has 0 N–H and O–H groups in total. The molecule has 0 radical (unpaired) electrons. The van der Waals surface area contributed by atoms with Crippen molar-refractivity contribution in [2.24, 2.45) is 5.92 Å². The van der Waals surface area contributed by atoms with Gasteiger partial charge in [-0.2, -0.15) is 13.2 Å². The number of carbonyl (C=O) groups excluding carboxylic acids is 1. The van der Waals surface area contributed by atoms with E-state index in [9.17, 15) is 18.0 Å². The van der Waals surface area contributed by atoms with Crippen LogP contribution in [-0.4, -0.2) is 18.5 Å². The van der Waals surface area contributed by atoms with E-state index in [0.29, 0.717) is 12.5 Å². The second-order valence-corrected chi connectivity index (χ2v) is 6.80. The third-order valence-electron chi connectivity index (χ3n) is 4.14. The SMILES string of the molecule is CC(C)CCCN(/C=C(\C(=O)C(F)(F)F)c1ccccc1)c1ccccc1. The first-order chi connectivity index (χ1) is 12.8. The highest BCUT2D eigenvalue weighted by molar-refractivity contribution is 6.23. The molecule has 0 fully saturated rings. The monoisotopic (exact) mass is 375 g/mol. The second-order valence-electron chi connectivity index (χ2n) is 6.80. The average Bonchev–Trinajstić information content (AvgIpc) is 2.64. The van der Waals surface area contributed by atoms with E-state index in [-0.39, 0.29) is 11.1 Å². The number of allylic oxidation sites excluding steroid dienone is 1. The molecule has 2 aromatic carbocycles. The van der Waals surface area contributed by atoms with Crippen LogP contribution in [-0.2, 0) is 4.79 Å². The lowest BCUT2D eigenvalue weighted by atomic mass is 10.0. The first-order valence-corrected chi connectivity index (χ1v) is 8.99. The fraction of sp³-hybridized carbons (Fsp3) is 0.318. The Balaban J connectivity index is 2.44. The van der Waals surface area contributed by atoms with Crippen molar-refractivity contribution < 1.29 is 18.0 Å². The van der Waals surface area contributed by atoms with Gasteiger partial charge in [0, 0.05) is 18.4 Å². The number of rotatable bonds is 8. The van der Waals surface area contributed by atoms with Crippen molar-refractivity contribution in [3.05, 3.63) is 72.4 Å². The van der Waals surface area contributed by atoms with Gasteiger partial charge in [0.15, 0.2) is 0 Å². The molecule has 0 aliphatic heterocycles. The molecule has 0 aromatic heterocycles. The van der Waals surface area contributed by atoms with Crippen molar-refractivity contribution in [3.63, 3.8) is 0 Å². The van der Waals surface area contributed by atoms with Gasteiger partial charge in [0.1, 0.15) is 0 Å². The van der Waals surface area contributed by atoms with Crippen molar-refractivity contribution in [1.82, 2.24) is 0 Å². The highest BCUT2D eigenvalue weighted by Gasteiger charge is 2.41. The van der Waals surface area contributed by atoms with Crippen molar-refractivity contribution >= 4 is 17.0 Å². The fourth-order valence-corrected chi connectivity index (χ4v) is 2.75. The largest absolute Gasteiger partial charge is 0.454 e. The number of benzene rings is 2. The van der Waals surface area contributed by atoms with Crippen LogP contribution in [0.15, 0.2) is 66.9 Å². The maximum absolute atomic E-state index is 13.2. The molecule has 0 unspecified atom stereocenters. The Morgan fingerprint density at radius 3 is 2.07 bits per heavy atom. The van der Waals surface area contributed by atoms with E-state index in [1.165, 1.54) is 18.3 Å². The number of Topliss-reactive ketones (excluding diaryl/α,β-unsaturated/α-hetero) is 1. The molecule has 0 saturated carbocycles. The van der Waals surface area contributed by atoms with E-state index in [0.717, 1.165) is 18.5 Å². The second kappa shape index (κ2) is 9.40. The molecule has 0 aliphatic carbocycles. The zero-order chi connectivity index (χ0) is 19.9. The van der Waals surface area contributed by atoms with Crippen LogP contribution in [0.4, 0.5) is 18.9 Å². The summed E-state index contributed by atoms with van der Waals surface area (Å²) < 4.78 is 39.6. The highest BCUT2D eigenvalue weighted by Crippen LogP contribution is 2.28. The molecule has 0 saturated heterocycles. The summed E-state index contributed by atoms with van der Waals surface area (Å²) >= 11 is 0.